The number of hydrogen-bond acceptors (Lipinski definition) is 3. The van der Waals surface area contributed by atoms with Crippen LogP contribution in [0.4, 0.5) is 13.2 Å². The SMILES string of the molecule is O=C(O)c1cc(S(=O)(=O)NCCC(F)(F)F)c[nH]1. The number of carboxylic acids is 1. The maximum Gasteiger partial charge on any atom is 0.390 e. The van der Waals surface area contributed by atoms with Gasteiger partial charge in [0.05, 0.1) is 6.42 Å². The van der Waals surface area contributed by atoms with Crippen molar-refractivity contribution in [1.29, 1.82) is 0 Å². The molecule has 0 aliphatic carbocycles. The molecule has 0 amide bonds. The number of nitrogens with one attached hydrogen (secondary N) is 2. The third kappa shape index (κ3) is 4.04. The topological polar surface area (TPSA) is 99.3 Å². The molecule has 0 bridgehead atoms. The highest BCUT2D eigenvalue weighted by Gasteiger charge is 2.27. The van der Waals surface area contributed by atoms with E-state index < -0.39 is 40.0 Å². The third-order valence-electron chi connectivity index (χ3n) is 1.90. The van der Waals surface area contributed by atoms with Gasteiger partial charge in [0.1, 0.15) is 10.6 Å². The van der Waals surface area contributed by atoms with Crippen molar-refractivity contribution >= 4 is 16.0 Å². The van der Waals surface area contributed by atoms with Crippen LogP contribution in [0.3, 0.4) is 0 Å². The van der Waals surface area contributed by atoms with E-state index in [1.165, 1.54) is 0 Å². The Balaban J connectivity index is 2.71. The fourth-order valence-electron chi connectivity index (χ4n) is 1.06. The van der Waals surface area contributed by atoms with Crippen LogP contribution in [-0.4, -0.2) is 37.2 Å². The van der Waals surface area contributed by atoms with Gasteiger partial charge in [-0.05, 0) is 6.07 Å². The Bertz CT molecular complexity index is 535. The van der Waals surface area contributed by atoms with Crippen molar-refractivity contribution in [3.63, 3.8) is 0 Å². The highest BCUT2D eigenvalue weighted by atomic mass is 32.2. The van der Waals surface area contributed by atoms with Gasteiger partial charge in [-0.25, -0.2) is 17.9 Å². The summed E-state index contributed by atoms with van der Waals surface area (Å²) in [4.78, 5) is 12.2. The molecule has 0 aromatic carbocycles. The van der Waals surface area contributed by atoms with Crippen molar-refractivity contribution in [1.82, 2.24) is 9.71 Å². The second-order valence-corrected chi connectivity index (χ2v) is 5.08. The number of carbonyl (C=O) groups is 1. The van der Waals surface area contributed by atoms with Gasteiger partial charge in [0, 0.05) is 12.7 Å². The Morgan fingerprint density at radius 2 is 2.06 bits per heavy atom. The predicted molar refractivity (Wildman–Crippen MR) is 53.6 cm³/mol. The quantitative estimate of drug-likeness (QED) is 0.750. The Morgan fingerprint density at radius 1 is 1.44 bits per heavy atom. The van der Waals surface area contributed by atoms with Crippen LogP contribution in [0, 0.1) is 0 Å². The number of aromatic carboxylic acids is 1. The monoisotopic (exact) mass is 286 g/mol. The molecule has 1 rings (SSSR count). The van der Waals surface area contributed by atoms with Crippen molar-refractivity contribution in [3.8, 4) is 0 Å². The number of alkyl halides is 3. The number of aromatic amines is 1. The number of aromatic nitrogens is 1. The second-order valence-electron chi connectivity index (χ2n) is 3.32. The van der Waals surface area contributed by atoms with Gasteiger partial charge in [-0.1, -0.05) is 0 Å². The van der Waals surface area contributed by atoms with E-state index in [0.717, 1.165) is 12.3 Å². The lowest BCUT2D eigenvalue weighted by molar-refractivity contribution is -0.132. The van der Waals surface area contributed by atoms with E-state index in [1.54, 1.807) is 4.72 Å². The van der Waals surface area contributed by atoms with E-state index in [9.17, 15) is 26.4 Å². The summed E-state index contributed by atoms with van der Waals surface area (Å²) in [7, 11) is -4.14. The molecule has 0 saturated carbocycles. The van der Waals surface area contributed by atoms with Gasteiger partial charge in [-0.15, -0.1) is 0 Å². The Labute approximate surface area is 99.9 Å². The van der Waals surface area contributed by atoms with E-state index >= 15 is 0 Å². The summed E-state index contributed by atoms with van der Waals surface area (Å²) in [6, 6.07) is 0.818. The average molecular weight is 286 g/mol. The van der Waals surface area contributed by atoms with Crippen LogP contribution in [0.25, 0.3) is 0 Å². The molecule has 0 unspecified atom stereocenters. The van der Waals surface area contributed by atoms with Crippen molar-refractivity contribution < 1.29 is 31.5 Å². The fourth-order valence-corrected chi connectivity index (χ4v) is 2.09. The highest BCUT2D eigenvalue weighted by Crippen LogP contribution is 2.19. The second kappa shape index (κ2) is 4.98. The van der Waals surface area contributed by atoms with Crippen molar-refractivity contribution in [2.45, 2.75) is 17.5 Å². The summed E-state index contributed by atoms with van der Waals surface area (Å²) < 4.78 is 60.1. The molecule has 0 radical (unpaired) electrons. The first kappa shape index (κ1) is 14.5. The minimum atomic E-state index is -4.47. The van der Waals surface area contributed by atoms with Gasteiger partial charge < -0.3 is 10.1 Å². The maximum atomic E-state index is 11.8. The molecule has 18 heavy (non-hydrogen) atoms. The number of hydrogen-bond donors (Lipinski definition) is 3. The van der Waals surface area contributed by atoms with Gasteiger partial charge in [0.15, 0.2) is 0 Å². The van der Waals surface area contributed by atoms with E-state index in [2.05, 4.69) is 4.98 Å². The molecule has 0 aliphatic heterocycles. The molecule has 3 N–H and O–H groups in total. The molecule has 1 aromatic heterocycles. The van der Waals surface area contributed by atoms with Gasteiger partial charge in [0.2, 0.25) is 10.0 Å². The van der Waals surface area contributed by atoms with Gasteiger partial charge in [-0.3, -0.25) is 0 Å². The third-order valence-corrected chi connectivity index (χ3v) is 3.34. The first-order valence-corrected chi connectivity index (χ1v) is 6.08. The molecule has 0 aliphatic rings. The lowest BCUT2D eigenvalue weighted by Gasteiger charge is -2.07. The number of carboxylic acid groups (broad SMARTS) is 1. The maximum absolute atomic E-state index is 11.8. The van der Waals surface area contributed by atoms with Gasteiger partial charge >= 0.3 is 12.1 Å². The Morgan fingerprint density at radius 3 is 2.50 bits per heavy atom. The minimum absolute atomic E-state index is 0.369. The minimum Gasteiger partial charge on any atom is -0.477 e. The first-order chi connectivity index (χ1) is 8.12. The normalized spacial score (nSPS) is 12.6. The first-order valence-electron chi connectivity index (χ1n) is 4.60. The highest BCUT2D eigenvalue weighted by molar-refractivity contribution is 7.89. The molecular weight excluding hydrogens is 277 g/mol. The van der Waals surface area contributed by atoms with Crippen LogP contribution in [0.1, 0.15) is 16.9 Å². The molecule has 0 fully saturated rings. The number of rotatable bonds is 5. The summed E-state index contributed by atoms with van der Waals surface area (Å²) >= 11 is 0. The summed E-state index contributed by atoms with van der Waals surface area (Å²) in [5.41, 5.74) is -0.369. The lowest BCUT2D eigenvalue weighted by atomic mass is 10.4. The molecule has 0 saturated heterocycles. The predicted octanol–water partition coefficient (Wildman–Crippen LogP) is 0.944. The number of sulfonamides is 1. The molecule has 0 atom stereocenters. The standard InChI is InChI=1S/C8H9F3N2O4S/c9-8(10,11)1-2-13-18(16,17)5-3-6(7(14)15)12-4-5/h3-4,12-13H,1-2H2,(H,14,15). The number of halogens is 3. The molecule has 1 heterocycles. The Kier molecular flexibility index (Phi) is 4.02. The van der Waals surface area contributed by atoms with E-state index in [1.807, 2.05) is 0 Å². The largest absolute Gasteiger partial charge is 0.477 e. The summed E-state index contributed by atoms with van der Waals surface area (Å²) in [5.74, 6) is -1.37. The van der Waals surface area contributed by atoms with Crippen LogP contribution >= 0.6 is 0 Å². The van der Waals surface area contributed by atoms with Crippen LogP contribution in [0.2, 0.25) is 0 Å². The molecular formula is C8H9F3N2O4S. The fraction of sp³-hybridized carbons (Fsp3) is 0.375. The van der Waals surface area contributed by atoms with Crippen molar-refractivity contribution in [2.24, 2.45) is 0 Å². The van der Waals surface area contributed by atoms with Crippen molar-refractivity contribution in [2.75, 3.05) is 6.54 Å². The van der Waals surface area contributed by atoms with E-state index in [-0.39, 0.29) is 5.69 Å². The van der Waals surface area contributed by atoms with Crippen LogP contribution in [0.5, 0.6) is 0 Å². The van der Waals surface area contributed by atoms with Gasteiger partial charge in [0.25, 0.3) is 0 Å². The van der Waals surface area contributed by atoms with Crippen LogP contribution < -0.4 is 4.72 Å². The average Bonchev–Trinajstić information content (AvgIpc) is 2.63. The van der Waals surface area contributed by atoms with Crippen LogP contribution in [0.15, 0.2) is 17.2 Å². The number of H-pyrrole nitrogens is 1. The van der Waals surface area contributed by atoms with E-state index in [0.29, 0.717) is 0 Å². The summed E-state index contributed by atoms with van der Waals surface area (Å²) in [5, 5.41) is 8.55. The molecule has 102 valence electrons. The summed E-state index contributed by atoms with van der Waals surface area (Å²) in [6.45, 7) is -0.806. The van der Waals surface area contributed by atoms with E-state index in [4.69, 9.17) is 5.11 Å². The lowest BCUT2D eigenvalue weighted by Crippen LogP contribution is -2.27. The summed E-state index contributed by atoms with van der Waals surface area (Å²) in [6.07, 6.45) is -4.88. The smallest absolute Gasteiger partial charge is 0.390 e. The zero-order chi connectivity index (χ0) is 14.0. The zero-order valence-electron chi connectivity index (χ0n) is 8.78. The molecule has 1 aromatic rings. The van der Waals surface area contributed by atoms with Crippen molar-refractivity contribution in [3.05, 3.63) is 18.0 Å². The van der Waals surface area contributed by atoms with Crippen LogP contribution in [-0.2, 0) is 10.0 Å². The van der Waals surface area contributed by atoms with Gasteiger partial charge in [-0.2, -0.15) is 13.2 Å². The molecule has 0 spiro atoms. The molecule has 6 nitrogen and oxygen atoms in total. The molecule has 10 heteroatoms. The Hall–Kier alpha value is -1.55. The zero-order valence-corrected chi connectivity index (χ0v) is 9.60.